The smallest absolute Gasteiger partial charge is 0.129 e. The van der Waals surface area contributed by atoms with Crippen molar-refractivity contribution >= 4 is 0 Å². The van der Waals surface area contributed by atoms with Gasteiger partial charge in [0.1, 0.15) is 5.82 Å². The number of halogens is 1. The molecule has 92 valence electrons. The largest absolute Gasteiger partial charge is 0.313 e. The standard InChI is InChI=1S/C14H19FN2/c1-11-8-13(9-12(2)14(11)15)10-17-7-5-3-4-6-16/h8-9,17H,3-5,7,10H2,1-2H3. The molecule has 0 radical (unpaired) electrons. The van der Waals surface area contributed by atoms with Crippen LogP contribution >= 0.6 is 0 Å². The maximum absolute atomic E-state index is 13.4. The fourth-order valence-corrected chi connectivity index (χ4v) is 1.82. The molecule has 0 bridgehead atoms. The number of unbranched alkanes of at least 4 members (excludes halogenated alkanes) is 2. The molecular weight excluding hydrogens is 215 g/mol. The van der Waals surface area contributed by atoms with Crippen LogP contribution in [0.5, 0.6) is 0 Å². The number of aryl methyl sites for hydroxylation is 2. The minimum atomic E-state index is -0.109. The molecule has 0 saturated heterocycles. The number of nitrogens with one attached hydrogen (secondary N) is 1. The maximum Gasteiger partial charge on any atom is 0.129 e. The van der Waals surface area contributed by atoms with Gasteiger partial charge in [0.05, 0.1) is 6.07 Å². The molecule has 0 amide bonds. The van der Waals surface area contributed by atoms with E-state index < -0.39 is 0 Å². The van der Waals surface area contributed by atoms with Gasteiger partial charge in [-0.1, -0.05) is 12.1 Å². The molecule has 1 rings (SSSR count). The highest BCUT2D eigenvalue weighted by atomic mass is 19.1. The third-order valence-corrected chi connectivity index (χ3v) is 2.72. The number of benzene rings is 1. The first-order valence-corrected chi connectivity index (χ1v) is 5.98. The molecule has 0 aliphatic rings. The Labute approximate surface area is 102 Å². The molecule has 0 spiro atoms. The zero-order chi connectivity index (χ0) is 12.7. The van der Waals surface area contributed by atoms with Gasteiger partial charge >= 0.3 is 0 Å². The summed E-state index contributed by atoms with van der Waals surface area (Å²) in [5.74, 6) is -0.109. The highest BCUT2D eigenvalue weighted by Crippen LogP contribution is 2.14. The third-order valence-electron chi connectivity index (χ3n) is 2.72. The normalized spacial score (nSPS) is 10.2. The van der Waals surface area contributed by atoms with E-state index in [1.807, 2.05) is 12.1 Å². The fraction of sp³-hybridized carbons (Fsp3) is 0.500. The second-order valence-corrected chi connectivity index (χ2v) is 4.34. The van der Waals surface area contributed by atoms with E-state index in [1.165, 1.54) is 0 Å². The lowest BCUT2D eigenvalue weighted by molar-refractivity contribution is 0.603. The third kappa shape index (κ3) is 4.54. The van der Waals surface area contributed by atoms with Crippen molar-refractivity contribution in [3.05, 3.63) is 34.6 Å². The van der Waals surface area contributed by atoms with Gasteiger partial charge in [-0.25, -0.2) is 4.39 Å². The molecule has 17 heavy (non-hydrogen) atoms. The van der Waals surface area contributed by atoms with Gasteiger partial charge in [0.2, 0.25) is 0 Å². The van der Waals surface area contributed by atoms with Crippen molar-refractivity contribution < 1.29 is 4.39 Å². The number of hydrogen-bond acceptors (Lipinski definition) is 2. The Morgan fingerprint density at radius 1 is 1.24 bits per heavy atom. The van der Waals surface area contributed by atoms with Crippen LogP contribution in [0.25, 0.3) is 0 Å². The van der Waals surface area contributed by atoms with E-state index in [0.717, 1.165) is 31.5 Å². The fourth-order valence-electron chi connectivity index (χ4n) is 1.82. The van der Waals surface area contributed by atoms with E-state index in [9.17, 15) is 4.39 Å². The molecule has 0 aliphatic carbocycles. The van der Waals surface area contributed by atoms with Crippen LogP contribution in [0.3, 0.4) is 0 Å². The monoisotopic (exact) mass is 234 g/mol. The number of nitrogens with zero attached hydrogens (tertiary/aromatic N) is 1. The lowest BCUT2D eigenvalue weighted by atomic mass is 10.1. The van der Waals surface area contributed by atoms with Crippen molar-refractivity contribution in [2.45, 2.75) is 39.7 Å². The van der Waals surface area contributed by atoms with Crippen LogP contribution in [0.4, 0.5) is 4.39 Å². The van der Waals surface area contributed by atoms with Gasteiger partial charge in [0, 0.05) is 13.0 Å². The molecule has 1 aromatic rings. The average molecular weight is 234 g/mol. The first-order valence-electron chi connectivity index (χ1n) is 5.98. The van der Waals surface area contributed by atoms with Gasteiger partial charge in [0.15, 0.2) is 0 Å². The van der Waals surface area contributed by atoms with Crippen molar-refractivity contribution in [1.82, 2.24) is 5.32 Å². The summed E-state index contributed by atoms with van der Waals surface area (Å²) < 4.78 is 13.4. The molecule has 0 atom stereocenters. The van der Waals surface area contributed by atoms with Crippen LogP contribution in [0, 0.1) is 31.0 Å². The van der Waals surface area contributed by atoms with Gasteiger partial charge in [0.25, 0.3) is 0 Å². The zero-order valence-corrected chi connectivity index (χ0v) is 10.5. The summed E-state index contributed by atoms with van der Waals surface area (Å²) in [6.07, 6.45) is 2.56. The number of rotatable bonds is 6. The summed E-state index contributed by atoms with van der Waals surface area (Å²) in [6, 6.07) is 5.89. The van der Waals surface area contributed by atoms with Gasteiger partial charge < -0.3 is 5.32 Å². The Morgan fingerprint density at radius 3 is 2.47 bits per heavy atom. The van der Waals surface area contributed by atoms with Crippen molar-refractivity contribution in [2.24, 2.45) is 0 Å². The first-order chi connectivity index (χ1) is 8.15. The van der Waals surface area contributed by atoms with E-state index >= 15 is 0 Å². The van der Waals surface area contributed by atoms with Crippen molar-refractivity contribution in [3.8, 4) is 6.07 Å². The van der Waals surface area contributed by atoms with Crippen LogP contribution in [0.1, 0.15) is 36.0 Å². The van der Waals surface area contributed by atoms with Gasteiger partial charge in [-0.05, 0) is 49.9 Å². The topological polar surface area (TPSA) is 35.8 Å². The predicted molar refractivity (Wildman–Crippen MR) is 67.0 cm³/mol. The van der Waals surface area contributed by atoms with E-state index in [-0.39, 0.29) is 5.82 Å². The molecule has 0 heterocycles. The SMILES string of the molecule is Cc1cc(CNCCCCC#N)cc(C)c1F. The Bertz CT molecular complexity index is 384. The highest BCUT2D eigenvalue weighted by molar-refractivity contribution is 5.30. The van der Waals surface area contributed by atoms with Crippen LogP contribution in [0.2, 0.25) is 0 Å². The lowest BCUT2D eigenvalue weighted by Gasteiger charge is -2.08. The molecule has 0 aromatic heterocycles. The second-order valence-electron chi connectivity index (χ2n) is 4.34. The number of nitriles is 1. The summed E-state index contributed by atoms with van der Waals surface area (Å²) >= 11 is 0. The van der Waals surface area contributed by atoms with Gasteiger partial charge in [-0.2, -0.15) is 5.26 Å². The van der Waals surface area contributed by atoms with Crippen LogP contribution < -0.4 is 5.32 Å². The Kier molecular flexibility index (Phi) is 5.65. The summed E-state index contributed by atoms with van der Waals surface area (Å²) in [6.45, 7) is 5.24. The average Bonchev–Trinajstić information content (AvgIpc) is 2.30. The van der Waals surface area contributed by atoms with E-state index in [1.54, 1.807) is 13.8 Å². The molecule has 0 unspecified atom stereocenters. The quantitative estimate of drug-likeness (QED) is 0.767. The maximum atomic E-state index is 13.4. The minimum Gasteiger partial charge on any atom is -0.313 e. The molecule has 0 aliphatic heterocycles. The molecule has 3 heteroatoms. The lowest BCUT2D eigenvalue weighted by Crippen LogP contribution is -2.15. The summed E-state index contributed by atoms with van der Waals surface area (Å²) in [4.78, 5) is 0. The molecule has 0 fully saturated rings. The second kappa shape index (κ2) is 7.03. The highest BCUT2D eigenvalue weighted by Gasteiger charge is 2.03. The van der Waals surface area contributed by atoms with Crippen molar-refractivity contribution in [3.63, 3.8) is 0 Å². The summed E-state index contributed by atoms with van der Waals surface area (Å²) in [5.41, 5.74) is 2.51. The number of hydrogen-bond donors (Lipinski definition) is 1. The van der Waals surface area contributed by atoms with E-state index in [0.29, 0.717) is 17.5 Å². The zero-order valence-electron chi connectivity index (χ0n) is 10.5. The molecule has 2 nitrogen and oxygen atoms in total. The molecule has 1 N–H and O–H groups in total. The summed E-state index contributed by atoms with van der Waals surface area (Å²) in [7, 11) is 0. The van der Waals surface area contributed by atoms with Gasteiger partial charge in [-0.15, -0.1) is 0 Å². The van der Waals surface area contributed by atoms with Crippen molar-refractivity contribution in [1.29, 1.82) is 5.26 Å². The Balaban J connectivity index is 2.35. The van der Waals surface area contributed by atoms with Crippen LogP contribution in [-0.2, 0) is 6.54 Å². The summed E-state index contributed by atoms with van der Waals surface area (Å²) in [5, 5.41) is 11.7. The first kappa shape index (κ1) is 13.7. The van der Waals surface area contributed by atoms with Crippen LogP contribution in [0.15, 0.2) is 12.1 Å². The van der Waals surface area contributed by atoms with Crippen molar-refractivity contribution in [2.75, 3.05) is 6.54 Å². The van der Waals surface area contributed by atoms with Gasteiger partial charge in [-0.3, -0.25) is 0 Å². The Morgan fingerprint density at radius 2 is 1.88 bits per heavy atom. The van der Waals surface area contributed by atoms with Crippen LogP contribution in [-0.4, -0.2) is 6.54 Å². The molecular formula is C14H19FN2. The van der Waals surface area contributed by atoms with E-state index in [4.69, 9.17) is 5.26 Å². The Hall–Kier alpha value is -1.40. The predicted octanol–water partition coefficient (Wildman–Crippen LogP) is 3.23. The molecule has 0 saturated carbocycles. The molecule has 1 aromatic carbocycles. The van der Waals surface area contributed by atoms with E-state index in [2.05, 4.69) is 11.4 Å². The minimum absolute atomic E-state index is 0.109.